The van der Waals surface area contributed by atoms with E-state index in [1.807, 2.05) is 0 Å². The van der Waals surface area contributed by atoms with Gasteiger partial charge >= 0.3 is 0 Å². The molecule has 0 aromatic carbocycles. The second-order valence-electron chi connectivity index (χ2n) is 6.04. The minimum Gasteiger partial charge on any atom is -0.394 e. The zero-order valence-corrected chi connectivity index (χ0v) is 13.6. The van der Waals surface area contributed by atoms with Crippen molar-refractivity contribution >= 4 is 0 Å². The smallest absolute Gasteiger partial charge is 0.184 e. The SMILES string of the molecule is CCCCCCCCCCO[C@@H]1[C@@H](O)[C@@H](O)[C@@H](CO)O[C@@H]1O. The summed E-state index contributed by atoms with van der Waals surface area (Å²) in [7, 11) is 0. The lowest BCUT2D eigenvalue weighted by Crippen LogP contribution is -2.59. The molecular weight excluding hydrogens is 288 g/mol. The third kappa shape index (κ3) is 6.48. The first-order valence-electron chi connectivity index (χ1n) is 8.54. The van der Waals surface area contributed by atoms with Crippen LogP contribution in [0, 0.1) is 0 Å². The average molecular weight is 320 g/mol. The third-order valence-corrected chi connectivity index (χ3v) is 4.15. The summed E-state index contributed by atoms with van der Waals surface area (Å²) in [5.41, 5.74) is 0. The van der Waals surface area contributed by atoms with Gasteiger partial charge in [-0.3, -0.25) is 0 Å². The Kier molecular flexibility index (Phi) is 10.2. The van der Waals surface area contributed by atoms with E-state index in [0.717, 1.165) is 19.3 Å². The van der Waals surface area contributed by atoms with Crippen molar-refractivity contribution in [3.63, 3.8) is 0 Å². The van der Waals surface area contributed by atoms with Crippen LogP contribution < -0.4 is 0 Å². The van der Waals surface area contributed by atoms with Gasteiger partial charge in [-0.05, 0) is 6.42 Å². The first-order chi connectivity index (χ1) is 10.6. The number of hydrogen-bond donors (Lipinski definition) is 4. The second kappa shape index (κ2) is 11.3. The largest absolute Gasteiger partial charge is 0.394 e. The van der Waals surface area contributed by atoms with Gasteiger partial charge in [0.15, 0.2) is 6.29 Å². The second-order valence-corrected chi connectivity index (χ2v) is 6.04. The molecule has 22 heavy (non-hydrogen) atoms. The van der Waals surface area contributed by atoms with Crippen molar-refractivity contribution in [3.05, 3.63) is 0 Å². The van der Waals surface area contributed by atoms with Crippen molar-refractivity contribution < 1.29 is 29.9 Å². The Bertz CT molecular complexity index is 275. The highest BCUT2D eigenvalue weighted by Crippen LogP contribution is 2.22. The van der Waals surface area contributed by atoms with Gasteiger partial charge in [0.25, 0.3) is 0 Å². The van der Waals surface area contributed by atoms with E-state index in [9.17, 15) is 15.3 Å². The number of rotatable bonds is 11. The fourth-order valence-corrected chi connectivity index (χ4v) is 2.71. The van der Waals surface area contributed by atoms with Gasteiger partial charge in [0.2, 0.25) is 0 Å². The van der Waals surface area contributed by atoms with E-state index in [0.29, 0.717) is 6.61 Å². The van der Waals surface area contributed by atoms with Crippen LogP contribution in [0.2, 0.25) is 0 Å². The monoisotopic (exact) mass is 320 g/mol. The zero-order valence-electron chi connectivity index (χ0n) is 13.6. The Morgan fingerprint density at radius 2 is 1.45 bits per heavy atom. The van der Waals surface area contributed by atoms with Gasteiger partial charge in [-0.15, -0.1) is 0 Å². The highest BCUT2D eigenvalue weighted by Gasteiger charge is 2.44. The van der Waals surface area contributed by atoms with Crippen LogP contribution in [0.1, 0.15) is 58.3 Å². The number of unbranched alkanes of at least 4 members (excludes halogenated alkanes) is 7. The summed E-state index contributed by atoms with van der Waals surface area (Å²) in [5, 5.41) is 38.4. The zero-order chi connectivity index (χ0) is 16.4. The van der Waals surface area contributed by atoms with Gasteiger partial charge < -0.3 is 29.9 Å². The van der Waals surface area contributed by atoms with Crippen LogP contribution in [0.25, 0.3) is 0 Å². The molecule has 4 N–H and O–H groups in total. The standard InChI is InChI=1S/C16H32O6/c1-2-3-4-5-6-7-8-9-10-21-15-14(19)13(18)12(11-17)22-16(15)20/h12-20H,2-11H2,1H3/t12-,13+,14+,15-,16+/m1/s1. The van der Waals surface area contributed by atoms with Crippen molar-refractivity contribution in [2.75, 3.05) is 13.2 Å². The summed E-state index contributed by atoms with van der Waals surface area (Å²) in [6.07, 6.45) is 3.64. The molecule has 6 heteroatoms. The summed E-state index contributed by atoms with van der Waals surface area (Å²) in [6.45, 7) is 2.16. The maximum absolute atomic E-state index is 9.91. The molecule has 1 aliphatic rings. The third-order valence-electron chi connectivity index (χ3n) is 4.15. The summed E-state index contributed by atoms with van der Waals surface area (Å²) >= 11 is 0. The molecule has 1 aliphatic heterocycles. The van der Waals surface area contributed by atoms with Crippen LogP contribution in [-0.4, -0.2) is 64.3 Å². The molecule has 132 valence electrons. The summed E-state index contributed by atoms with van der Waals surface area (Å²) in [4.78, 5) is 0. The minimum absolute atomic E-state index is 0.410. The molecule has 0 radical (unpaired) electrons. The van der Waals surface area contributed by atoms with Gasteiger partial charge in [-0.1, -0.05) is 51.9 Å². The number of aliphatic hydroxyl groups excluding tert-OH is 4. The van der Waals surface area contributed by atoms with Gasteiger partial charge in [0.05, 0.1) is 6.61 Å². The van der Waals surface area contributed by atoms with Crippen LogP contribution in [-0.2, 0) is 9.47 Å². The maximum Gasteiger partial charge on any atom is 0.184 e. The quantitative estimate of drug-likeness (QED) is 0.423. The van der Waals surface area contributed by atoms with Gasteiger partial charge in [-0.2, -0.15) is 0 Å². The number of hydrogen-bond acceptors (Lipinski definition) is 6. The summed E-state index contributed by atoms with van der Waals surface area (Å²) in [5.74, 6) is 0. The highest BCUT2D eigenvalue weighted by atomic mass is 16.7. The van der Waals surface area contributed by atoms with Crippen LogP contribution in [0.5, 0.6) is 0 Å². The van der Waals surface area contributed by atoms with E-state index in [-0.39, 0.29) is 0 Å². The van der Waals surface area contributed by atoms with Gasteiger partial charge in [0.1, 0.15) is 24.4 Å². The Hall–Kier alpha value is -0.240. The molecule has 0 aliphatic carbocycles. The Morgan fingerprint density at radius 1 is 0.864 bits per heavy atom. The average Bonchev–Trinajstić information content (AvgIpc) is 2.52. The lowest BCUT2D eigenvalue weighted by molar-refractivity contribution is -0.296. The molecular formula is C16H32O6. The fraction of sp³-hybridized carbons (Fsp3) is 1.00. The normalized spacial score (nSPS) is 32.3. The Labute approximate surface area is 133 Å². The predicted molar refractivity (Wildman–Crippen MR) is 82.3 cm³/mol. The molecule has 0 aromatic rings. The van der Waals surface area contributed by atoms with Gasteiger partial charge in [0, 0.05) is 6.61 Å². The Balaban J connectivity index is 2.11. The fourth-order valence-electron chi connectivity index (χ4n) is 2.71. The van der Waals surface area contributed by atoms with Crippen LogP contribution in [0.15, 0.2) is 0 Å². The number of ether oxygens (including phenoxy) is 2. The van der Waals surface area contributed by atoms with Crippen molar-refractivity contribution in [2.24, 2.45) is 0 Å². The van der Waals surface area contributed by atoms with Crippen LogP contribution >= 0.6 is 0 Å². The molecule has 0 aromatic heterocycles. The Morgan fingerprint density at radius 3 is 2.05 bits per heavy atom. The van der Waals surface area contributed by atoms with Crippen molar-refractivity contribution in [1.29, 1.82) is 0 Å². The predicted octanol–water partition coefficient (Wildman–Crippen LogP) is 0.944. The molecule has 5 atom stereocenters. The highest BCUT2D eigenvalue weighted by molar-refractivity contribution is 4.89. The molecule has 1 rings (SSSR count). The lowest BCUT2D eigenvalue weighted by atomic mass is 9.99. The first-order valence-corrected chi connectivity index (χ1v) is 8.54. The van der Waals surface area contributed by atoms with Crippen molar-refractivity contribution in [2.45, 2.75) is 89.0 Å². The van der Waals surface area contributed by atoms with E-state index in [2.05, 4.69) is 6.92 Å². The summed E-state index contributed by atoms with van der Waals surface area (Å²) in [6, 6.07) is 0. The van der Waals surface area contributed by atoms with Gasteiger partial charge in [-0.25, -0.2) is 0 Å². The van der Waals surface area contributed by atoms with E-state index in [1.54, 1.807) is 0 Å². The number of aliphatic hydroxyl groups is 4. The van der Waals surface area contributed by atoms with Crippen molar-refractivity contribution in [3.8, 4) is 0 Å². The molecule has 1 fully saturated rings. The molecule has 0 bridgehead atoms. The van der Waals surface area contributed by atoms with Crippen LogP contribution in [0.4, 0.5) is 0 Å². The molecule has 1 saturated heterocycles. The molecule has 1 heterocycles. The molecule has 0 amide bonds. The summed E-state index contributed by atoms with van der Waals surface area (Å²) < 4.78 is 10.5. The molecule has 0 saturated carbocycles. The molecule has 0 unspecified atom stereocenters. The topological polar surface area (TPSA) is 99.4 Å². The minimum atomic E-state index is -1.33. The maximum atomic E-state index is 9.91. The lowest BCUT2D eigenvalue weighted by Gasteiger charge is -2.39. The van der Waals surface area contributed by atoms with E-state index >= 15 is 0 Å². The van der Waals surface area contributed by atoms with Crippen LogP contribution in [0.3, 0.4) is 0 Å². The van der Waals surface area contributed by atoms with E-state index < -0.39 is 37.3 Å². The van der Waals surface area contributed by atoms with E-state index in [4.69, 9.17) is 14.6 Å². The van der Waals surface area contributed by atoms with E-state index in [1.165, 1.54) is 32.1 Å². The van der Waals surface area contributed by atoms with Crippen molar-refractivity contribution in [1.82, 2.24) is 0 Å². The molecule has 6 nitrogen and oxygen atoms in total. The first kappa shape index (κ1) is 19.8. The molecule has 0 spiro atoms.